The number of methoxy groups -OCH3 is 1. The van der Waals surface area contributed by atoms with E-state index in [1.807, 2.05) is 0 Å². The maximum Gasteiger partial charge on any atom is 0.340 e. The summed E-state index contributed by atoms with van der Waals surface area (Å²) in [6.07, 6.45) is 2.85. The molecule has 0 fully saturated rings. The maximum atomic E-state index is 12.1. The Morgan fingerprint density at radius 2 is 1.95 bits per heavy atom. The fourth-order valence-electron chi connectivity index (χ4n) is 2.40. The molecule has 1 rings (SSSR count). The van der Waals surface area contributed by atoms with Crippen LogP contribution in [0.15, 0.2) is 10.9 Å². The van der Waals surface area contributed by atoms with E-state index in [1.165, 1.54) is 6.07 Å². The van der Waals surface area contributed by atoms with Crippen molar-refractivity contribution in [2.45, 2.75) is 46.6 Å². The number of carbonyl (C=O) groups is 1. The second kappa shape index (κ2) is 8.62. The topological polar surface area (TPSA) is 57.5 Å². The van der Waals surface area contributed by atoms with Gasteiger partial charge in [-0.25, -0.2) is 4.79 Å². The van der Waals surface area contributed by atoms with E-state index >= 15 is 0 Å². The quantitative estimate of drug-likeness (QED) is 0.546. The molecule has 0 saturated carbocycles. The fourth-order valence-corrected chi connectivity index (χ4v) is 2.40. The number of hydrogen-bond donors (Lipinski definition) is 0. The zero-order valence-corrected chi connectivity index (χ0v) is 13.4. The summed E-state index contributed by atoms with van der Waals surface area (Å²) in [6.45, 7) is 7.01. The molecular formula is C16H25NO4. The molecule has 0 spiro atoms. The normalized spacial score (nSPS) is 10.7. The minimum atomic E-state index is -0.361. The summed E-state index contributed by atoms with van der Waals surface area (Å²) in [5.74, 6) is -0.361. The molecule has 0 amide bonds. The lowest BCUT2D eigenvalue weighted by Crippen LogP contribution is -2.26. The number of aromatic nitrogens is 1. The molecule has 0 aliphatic heterocycles. The van der Waals surface area contributed by atoms with Gasteiger partial charge < -0.3 is 14.0 Å². The summed E-state index contributed by atoms with van der Waals surface area (Å²) in [5.41, 5.74) is 1.80. The number of aryl methyl sites for hydroxylation is 1. The number of nitrogens with zero attached hydrogens (tertiary/aromatic N) is 1. The van der Waals surface area contributed by atoms with Gasteiger partial charge in [0.2, 0.25) is 0 Å². The second-order valence-corrected chi connectivity index (χ2v) is 5.05. The first-order valence-electron chi connectivity index (χ1n) is 7.40. The summed E-state index contributed by atoms with van der Waals surface area (Å²) in [5, 5.41) is 0. The second-order valence-electron chi connectivity index (χ2n) is 5.05. The molecule has 1 aromatic heterocycles. The minimum absolute atomic E-state index is 0.0650. The molecular weight excluding hydrogens is 270 g/mol. The van der Waals surface area contributed by atoms with Gasteiger partial charge in [0.05, 0.1) is 12.2 Å². The van der Waals surface area contributed by atoms with Crippen molar-refractivity contribution in [1.82, 2.24) is 4.57 Å². The van der Waals surface area contributed by atoms with E-state index in [2.05, 4.69) is 0 Å². The van der Waals surface area contributed by atoms with Crippen molar-refractivity contribution in [2.75, 3.05) is 20.3 Å². The Labute approximate surface area is 125 Å². The molecule has 5 heteroatoms. The Bertz CT molecular complexity index is 534. The van der Waals surface area contributed by atoms with Gasteiger partial charge >= 0.3 is 5.97 Å². The van der Waals surface area contributed by atoms with E-state index in [1.54, 1.807) is 32.4 Å². The third kappa shape index (κ3) is 4.70. The smallest absolute Gasteiger partial charge is 0.340 e. The van der Waals surface area contributed by atoms with Crippen molar-refractivity contribution in [3.05, 3.63) is 33.2 Å². The van der Waals surface area contributed by atoms with Crippen molar-refractivity contribution >= 4 is 5.97 Å². The van der Waals surface area contributed by atoms with Crippen molar-refractivity contribution < 1.29 is 14.3 Å². The number of esters is 1. The van der Waals surface area contributed by atoms with Crippen LogP contribution in [0.25, 0.3) is 0 Å². The van der Waals surface area contributed by atoms with E-state index in [9.17, 15) is 9.59 Å². The van der Waals surface area contributed by atoms with Crippen LogP contribution in [-0.2, 0) is 16.0 Å². The number of ether oxygens (including phenoxy) is 2. The zero-order chi connectivity index (χ0) is 15.8. The van der Waals surface area contributed by atoms with E-state index in [0.717, 1.165) is 25.9 Å². The Morgan fingerprint density at radius 1 is 1.24 bits per heavy atom. The molecule has 0 saturated heterocycles. The highest BCUT2D eigenvalue weighted by Crippen LogP contribution is 2.14. The van der Waals surface area contributed by atoms with Gasteiger partial charge in [0.25, 0.3) is 5.56 Å². The molecule has 118 valence electrons. The van der Waals surface area contributed by atoms with Crippen LogP contribution < -0.4 is 5.56 Å². The standard InChI is InChI=1S/C16H25NO4/c1-5-21-16(19)15-12(2)11-14(18)17(13(15)3)9-7-6-8-10-20-4/h11H,5-10H2,1-4H3. The van der Waals surface area contributed by atoms with E-state index in [-0.39, 0.29) is 11.5 Å². The van der Waals surface area contributed by atoms with Crippen LogP contribution in [0.2, 0.25) is 0 Å². The first-order chi connectivity index (χ1) is 10.0. The van der Waals surface area contributed by atoms with Gasteiger partial charge in [0, 0.05) is 32.0 Å². The average molecular weight is 295 g/mol. The van der Waals surface area contributed by atoms with Crippen molar-refractivity contribution in [3.8, 4) is 0 Å². The number of pyridine rings is 1. The highest BCUT2D eigenvalue weighted by molar-refractivity contribution is 5.92. The van der Waals surface area contributed by atoms with Crippen LogP contribution in [0, 0.1) is 13.8 Å². The average Bonchev–Trinajstić information content (AvgIpc) is 2.41. The summed E-state index contributed by atoms with van der Waals surface area (Å²) in [6, 6.07) is 1.51. The van der Waals surface area contributed by atoms with Crippen molar-refractivity contribution in [3.63, 3.8) is 0 Å². The van der Waals surface area contributed by atoms with Crippen LogP contribution in [0.1, 0.15) is 47.8 Å². The molecule has 0 aromatic carbocycles. The van der Waals surface area contributed by atoms with Gasteiger partial charge in [-0.15, -0.1) is 0 Å². The first kappa shape index (κ1) is 17.4. The van der Waals surface area contributed by atoms with E-state index < -0.39 is 0 Å². The Morgan fingerprint density at radius 3 is 2.57 bits per heavy atom. The Balaban J connectivity index is 2.91. The predicted molar refractivity (Wildman–Crippen MR) is 81.9 cm³/mol. The number of hydrogen-bond acceptors (Lipinski definition) is 4. The molecule has 0 radical (unpaired) electrons. The zero-order valence-electron chi connectivity index (χ0n) is 13.4. The Hall–Kier alpha value is -1.62. The molecule has 0 unspecified atom stereocenters. The van der Waals surface area contributed by atoms with E-state index in [4.69, 9.17) is 9.47 Å². The van der Waals surface area contributed by atoms with Gasteiger partial charge in [0.1, 0.15) is 0 Å². The first-order valence-corrected chi connectivity index (χ1v) is 7.40. The SMILES string of the molecule is CCOC(=O)c1c(C)cc(=O)n(CCCCCOC)c1C. The maximum absolute atomic E-state index is 12.1. The molecule has 1 aromatic rings. The molecule has 1 heterocycles. The third-order valence-electron chi connectivity index (χ3n) is 3.48. The number of unbranched alkanes of at least 4 members (excludes halogenated alkanes) is 2. The summed E-state index contributed by atoms with van der Waals surface area (Å²) in [7, 11) is 1.68. The molecule has 0 aliphatic carbocycles. The van der Waals surface area contributed by atoms with Crippen LogP contribution >= 0.6 is 0 Å². The van der Waals surface area contributed by atoms with Crippen LogP contribution in [0.4, 0.5) is 0 Å². The van der Waals surface area contributed by atoms with Crippen molar-refractivity contribution in [2.24, 2.45) is 0 Å². The van der Waals surface area contributed by atoms with Gasteiger partial charge in [-0.2, -0.15) is 0 Å². The molecule has 0 N–H and O–H groups in total. The molecule has 21 heavy (non-hydrogen) atoms. The van der Waals surface area contributed by atoms with Crippen LogP contribution in [0.5, 0.6) is 0 Å². The molecule has 0 atom stereocenters. The van der Waals surface area contributed by atoms with Gasteiger partial charge in [-0.05, 0) is 45.6 Å². The lowest BCUT2D eigenvalue weighted by molar-refractivity contribution is 0.0523. The van der Waals surface area contributed by atoms with E-state index in [0.29, 0.717) is 30.0 Å². The highest BCUT2D eigenvalue weighted by Gasteiger charge is 2.17. The fraction of sp³-hybridized carbons (Fsp3) is 0.625. The van der Waals surface area contributed by atoms with Gasteiger partial charge in [-0.3, -0.25) is 4.79 Å². The monoisotopic (exact) mass is 295 g/mol. The van der Waals surface area contributed by atoms with Gasteiger partial charge in [-0.1, -0.05) is 0 Å². The largest absolute Gasteiger partial charge is 0.462 e. The summed E-state index contributed by atoms with van der Waals surface area (Å²) in [4.78, 5) is 24.1. The van der Waals surface area contributed by atoms with Crippen molar-refractivity contribution in [1.29, 1.82) is 0 Å². The number of carbonyl (C=O) groups excluding carboxylic acids is 1. The minimum Gasteiger partial charge on any atom is -0.462 e. The molecule has 0 aliphatic rings. The van der Waals surface area contributed by atoms with Crippen LogP contribution in [-0.4, -0.2) is 30.9 Å². The van der Waals surface area contributed by atoms with Gasteiger partial charge in [0.15, 0.2) is 0 Å². The molecule has 0 bridgehead atoms. The Kier molecular flexibility index (Phi) is 7.15. The van der Waals surface area contributed by atoms with Crippen LogP contribution in [0.3, 0.4) is 0 Å². The third-order valence-corrected chi connectivity index (χ3v) is 3.48. The lowest BCUT2D eigenvalue weighted by Gasteiger charge is -2.15. The summed E-state index contributed by atoms with van der Waals surface area (Å²) >= 11 is 0. The highest BCUT2D eigenvalue weighted by atomic mass is 16.5. The number of rotatable bonds is 8. The summed E-state index contributed by atoms with van der Waals surface area (Å²) < 4.78 is 11.7. The predicted octanol–water partition coefficient (Wildman–Crippen LogP) is 2.46. The lowest BCUT2D eigenvalue weighted by atomic mass is 10.1. The molecule has 5 nitrogen and oxygen atoms in total.